The zero-order valence-corrected chi connectivity index (χ0v) is 10.7. The Balaban J connectivity index is 1.86. The van der Waals surface area contributed by atoms with Gasteiger partial charge in [0.05, 0.1) is 25.0 Å². The van der Waals surface area contributed by atoms with Crippen LogP contribution in [0.2, 0.25) is 0 Å². The molecule has 0 unspecified atom stereocenters. The summed E-state index contributed by atoms with van der Waals surface area (Å²) in [6.07, 6.45) is 6.33. The highest BCUT2D eigenvalue weighted by atomic mass is 16.5. The van der Waals surface area contributed by atoms with Crippen LogP contribution in [0.15, 0.2) is 24.8 Å². The van der Waals surface area contributed by atoms with Gasteiger partial charge in [-0.15, -0.1) is 6.58 Å². The number of allylic oxidation sites excluding steroid dienone is 2. The summed E-state index contributed by atoms with van der Waals surface area (Å²) in [5, 5.41) is 12.0. The van der Waals surface area contributed by atoms with Gasteiger partial charge in [-0.25, -0.2) is 0 Å². The molecule has 0 aliphatic heterocycles. The van der Waals surface area contributed by atoms with E-state index in [1.165, 1.54) is 0 Å². The number of fused-ring (bicyclic) bond motifs is 2. The molecule has 2 bridgehead atoms. The Morgan fingerprint density at radius 2 is 2.05 bits per heavy atom. The van der Waals surface area contributed by atoms with Gasteiger partial charge < -0.3 is 15.2 Å². The van der Waals surface area contributed by atoms with Gasteiger partial charge in [0.2, 0.25) is 5.91 Å². The fourth-order valence-electron chi connectivity index (χ4n) is 3.05. The topological polar surface area (TPSA) is 75.6 Å². The van der Waals surface area contributed by atoms with E-state index in [0.717, 1.165) is 6.42 Å². The van der Waals surface area contributed by atoms with Crippen LogP contribution in [-0.4, -0.2) is 36.7 Å². The van der Waals surface area contributed by atoms with Crippen LogP contribution in [0.3, 0.4) is 0 Å². The van der Waals surface area contributed by atoms with Crippen LogP contribution < -0.4 is 5.32 Å². The summed E-state index contributed by atoms with van der Waals surface area (Å²) in [7, 11) is 0. The van der Waals surface area contributed by atoms with Crippen molar-refractivity contribution in [1.29, 1.82) is 0 Å². The lowest BCUT2D eigenvalue weighted by atomic mass is 9.82. The maximum atomic E-state index is 12.1. The SMILES string of the molecule is C=CCOCCNC(=O)[C@H]1[C@@H](C(=O)O)[C@H]2C=C[C@H]1C2. The average molecular weight is 265 g/mol. The van der Waals surface area contributed by atoms with Crippen LogP contribution in [0.5, 0.6) is 0 Å². The first-order valence-corrected chi connectivity index (χ1v) is 6.52. The van der Waals surface area contributed by atoms with Crippen molar-refractivity contribution in [2.45, 2.75) is 6.42 Å². The molecule has 0 spiro atoms. The zero-order valence-electron chi connectivity index (χ0n) is 10.7. The van der Waals surface area contributed by atoms with E-state index in [1.807, 2.05) is 12.2 Å². The summed E-state index contributed by atoms with van der Waals surface area (Å²) in [5.41, 5.74) is 0. The molecule has 2 aliphatic carbocycles. The Morgan fingerprint density at radius 3 is 2.68 bits per heavy atom. The molecule has 4 atom stereocenters. The Bertz CT molecular complexity index is 404. The molecule has 0 aromatic heterocycles. The van der Waals surface area contributed by atoms with Crippen molar-refractivity contribution in [2.24, 2.45) is 23.7 Å². The molecule has 5 heteroatoms. The molecule has 2 rings (SSSR count). The number of rotatable bonds is 7. The van der Waals surface area contributed by atoms with E-state index in [2.05, 4.69) is 11.9 Å². The Hall–Kier alpha value is -1.62. The van der Waals surface area contributed by atoms with Gasteiger partial charge in [-0.1, -0.05) is 18.2 Å². The summed E-state index contributed by atoms with van der Waals surface area (Å²) >= 11 is 0. The minimum absolute atomic E-state index is 0.00951. The summed E-state index contributed by atoms with van der Waals surface area (Å²) in [5.74, 6) is -1.99. The first-order valence-electron chi connectivity index (χ1n) is 6.52. The minimum Gasteiger partial charge on any atom is -0.481 e. The van der Waals surface area contributed by atoms with Crippen molar-refractivity contribution >= 4 is 11.9 Å². The van der Waals surface area contributed by atoms with Crippen LogP contribution in [0, 0.1) is 23.7 Å². The molecule has 0 radical (unpaired) electrons. The zero-order chi connectivity index (χ0) is 13.8. The van der Waals surface area contributed by atoms with E-state index in [0.29, 0.717) is 19.8 Å². The molecule has 1 saturated carbocycles. The molecular formula is C14H19NO4. The van der Waals surface area contributed by atoms with E-state index in [1.54, 1.807) is 6.08 Å². The number of carbonyl (C=O) groups excluding carboxylic acids is 1. The average Bonchev–Trinajstić information content (AvgIpc) is 2.98. The van der Waals surface area contributed by atoms with Crippen LogP contribution >= 0.6 is 0 Å². The van der Waals surface area contributed by atoms with E-state index in [-0.39, 0.29) is 17.7 Å². The lowest BCUT2D eigenvalue weighted by molar-refractivity contribution is -0.147. The monoisotopic (exact) mass is 265 g/mol. The second-order valence-corrected chi connectivity index (χ2v) is 4.99. The maximum absolute atomic E-state index is 12.1. The Kier molecular flexibility index (Phi) is 4.37. The van der Waals surface area contributed by atoms with Crippen molar-refractivity contribution in [3.8, 4) is 0 Å². The quantitative estimate of drug-likeness (QED) is 0.528. The predicted octanol–water partition coefficient (Wildman–Crippen LogP) is 0.828. The van der Waals surface area contributed by atoms with Gasteiger partial charge in [0.25, 0.3) is 0 Å². The van der Waals surface area contributed by atoms with Crippen LogP contribution in [0.4, 0.5) is 0 Å². The molecule has 104 valence electrons. The fourth-order valence-corrected chi connectivity index (χ4v) is 3.05. The number of aliphatic carboxylic acids is 1. The molecule has 5 nitrogen and oxygen atoms in total. The number of amides is 1. The van der Waals surface area contributed by atoms with E-state index in [9.17, 15) is 14.7 Å². The number of carboxylic acid groups (broad SMARTS) is 1. The largest absolute Gasteiger partial charge is 0.481 e. The first kappa shape index (κ1) is 13.8. The van der Waals surface area contributed by atoms with Crippen LogP contribution in [-0.2, 0) is 14.3 Å². The predicted molar refractivity (Wildman–Crippen MR) is 69.4 cm³/mol. The first-order chi connectivity index (χ1) is 9.15. The molecule has 1 fully saturated rings. The molecular weight excluding hydrogens is 246 g/mol. The number of hydrogen-bond acceptors (Lipinski definition) is 3. The maximum Gasteiger partial charge on any atom is 0.307 e. The highest BCUT2D eigenvalue weighted by Crippen LogP contribution is 2.48. The van der Waals surface area contributed by atoms with Crippen LogP contribution in [0.1, 0.15) is 6.42 Å². The highest BCUT2D eigenvalue weighted by Gasteiger charge is 2.51. The summed E-state index contributed by atoms with van der Waals surface area (Å²) < 4.78 is 5.17. The number of carbonyl (C=O) groups is 2. The normalized spacial score (nSPS) is 31.4. The second-order valence-electron chi connectivity index (χ2n) is 4.99. The summed E-state index contributed by atoms with van der Waals surface area (Å²) in [6, 6.07) is 0. The van der Waals surface area contributed by atoms with Gasteiger partial charge in [0, 0.05) is 6.54 Å². The lowest BCUT2D eigenvalue weighted by Gasteiger charge is -2.23. The standard InChI is InChI=1S/C14H19NO4/c1-2-6-19-7-5-15-13(16)11-9-3-4-10(8-9)12(11)14(17)18/h2-4,9-12H,1,5-8H2,(H,15,16)(H,17,18)/t9-,10-,11+,12-/m0/s1. The van der Waals surface area contributed by atoms with Crippen molar-refractivity contribution in [2.75, 3.05) is 19.8 Å². The van der Waals surface area contributed by atoms with E-state index in [4.69, 9.17) is 4.74 Å². The summed E-state index contributed by atoms with van der Waals surface area (Å²) in [4.78, 5) is 23.4. The van der Waals surface area contributed by atoms with Crippen LogP contribution in [0.25, 0.3) is 0 Å². The molecule has 2 aliphatic rings. The minimum atomic E-state index is -0.875. The van der Waals surface area contributed by atoms with Gasteiger partial charge >= 0.3 is 5.97 Å². The Morgan fingerprint density at radius 1 is 1.37 bits per heavy atom. The lowest BCUT2D eigenvalue weighted by Crippen LogP contribution is -2.41. The third kappa shape index (κ3) is 2.87. The molecule has 19 heavy (non-hydrogen) atoms. The van der Waals surface area contributed by atoms with Gasteiger partial charge in [-0.05, 0) is 18.3 Å². The fraction of sp³-hybridized carbons (Fsp3) is 0.571. The summed E-state index contributed by atoms with van der Waals surface area (Å²) in [6.45, 7) is 4.78. The highest BCUT2D eigenvalue weighted by molar-refractivity contribution is 5.86. The van der Waals surface area contributed by atoms with E-state index < -0.39 is 17.8 Å². The number of carboxylic acids is 1. The number of nitrogens with one attached hydrogen (secondary N) is 1. The van der Waals surface area contributed by atoms with Crippen molar-refractivity contribution in [3.05, 3.63) is 24.8 Å². The molecule has 0 aromatic rings. The number of hydrogen-bond donors (Lipinski definition) is 2. The molecule has 0 saturated heterocycles. The second kappa shape index (κ2) is 6.02. The smallest absolute Gasteiger partial charge is 0.307 e. The molecule has 0 heterocycles. The van der Waals surface area contributed by atoms with Crippen molar-refractivity contribution in [1.82, 2.24) is 5.32 Å². The Labute approximate surface area is 112 Å². The number of ether oxygens (including phenoxy) is 1. The van der Waals surface area contributed by atoms with Gasteiger partial charge in [-0.3, -0.25) is 9.59 Å². The third-order valence-corrected chi connectivity index (χ3v) is 3.83. The molecule has 1 amide bonds. The van der Waals surface area contributed by atoms with E-state index >= 15 is 0 Å². The van der Waals surface area contributed by atoms with Gasteiger partial charge in [0.15, 0.2) is 0 Å². The van der Waals surface area contributed by atoms with Gasteiger partial charge in [0.1, 0.15) is 0 Å². The molecule has 0 aromatic carbocycles. The van der Waals surface area contributed by atoms with Crippen molar-refractivity contribution in [3.63, 3.8) is 0 Å². The van der Waals surface area contributed by atoms with Crippen molar-refractivity contribution < 1.29 is 19.4 Å². The third-order valence-electron chi connectivity index (χ3n) is 3.83. The molecule has 2 N–H and O–H groups in total. The van der Waals surface area contributed by atoms with Gasteiger partial charge in [-0.2, -0.15) is 0 Å².